The Hall–Kier alpha value is -2.91. The Balaban J connectivity index is 0.000000187. The Labute approximate surface area is 273 Å². The molecular weight excluding hydrogens is 607 g/mol. The third-order valence-electron chi connectivity index (χ3n) is 12.2. The molecule has 3 aromatic rings. The summed E-state index contributed by atoms with van der Waals surface area (Å²) >= 11 is 6.05. The van der Waals surface area contributed by atoms with Crippen molar-refractivity contribution in [1.82, 2.24) is 4.98 Å². The molecule has 2 heterocycles. The zero-order chi connectivity index (χ0) is 32.9. The molecule has 3 saturated carbocycles. The number of ketones is 2. The standard InChI is InChI=1S/C24H32ClFO5.C13H10N2/c1-20(2)30-19-10-16-15-6-5-13-9-14(27)7-8-21(13,3)23(15,26)17(28)11-22(16,4)24(19,31-20)18(29)12-25;14-11-5-3-7-13-10(11)8-9-4-1-2-6-12(9)15-13/h9,15-17,19,28H,5-8,10-12H2,1-4H3;1-8H,14H2/t15-,16-,17-,19+,21-,22-,23-,24+;/m0./s1. The van der Waals surface area contributed by atoms with Crippen molar-refractivity contribution < 1.29 is 28.6 Å². The van der Waals surface area contributed by atoms with Crippen molar-refractivity contribution in [2.75, 3.05) is 11.6 Å². The normalized spacial score (nSPS) is 39.0. The smallest absolute Gasteiger partial charge is 0.182 e. The average Bonchev–Trinajstić information content (AvgIpc) is 3.43. The summed E-state index contributed by atoms with van der Waals surface area (Å²) < 4.78 is 29.7. The molecule has 244 valence electrons. The molecule has 9 heteroatoms. The Morgan fingerprint density at radius 3 is 2.59 bits per heavy atom. The second kappa shape index (κ2) is 10.5. The lowest BCUT2D eigenvalue weighted by Gasteiger charge is -2.63. The molecule has 46 heavy (non-hydrogen) atoms. The molecule has 8 rings (SSSR count). The number of anilines is 1. The number of nitrogens with two attached hydrogens (primary N) is 1. The van der Waals surface area contributed by atoms with E-state index in [4.69, 9.17) is 26.8 Å². The minimum Gasteiger partial charge on any atom is -0.398 e. The Bertz CT molecular complexity index is 1800. The zero-order valence-corrected chi connectivity index (χ0v) is 27.6. The molecule has 2 aromatic carbocycles. The summed E-state index contributed by atoms with van der Waals surface area (Å²) in [6.45, 7) is 7.38. The third kappa shape index (κ3) is 4.22. The van der Waals surface area contributed by atoms with Crippen LogP contribution < -0.4 is 5.73 Å². The lowest BCUT2D eigenvalue weighted by Crippen LogP contribution is -2.70. The lowest BCUT2D eigenvalue weighted by molar-refractivity contribution is -0.250. The molecule has 4 fully saturated rings. The maximum absolute atomic E-state index is 17.2. The van der Waals surface area contributed by atoms with Crippen LogP contribution in [0.1, 0.15) is 66.2 Å². The molecule has 1 aromatic heterocycles. The fourth-order valence-electron chi connectivity index (χ4n) is 10.1. The van der Waals surface area contributed by atoms with Crippen molar-refractivity contribution in [3.05, 3.63) is 60.2 Å². The predicted octanol–water partition coefficient (Wildman–Crippen LogP) is 6.86. The maximum Gasteiger partial charge on any atom is 0.182 e. The highest BCUT2D eigenvalue weighted by molar-refractivity contribution is 6.29. The monoisotopic (exact) mass is 648 g/mol. The summed E-state index contributed by atoms with van der Waals surface area (Å²) in [7, 11) is 0. The number of carbonyl (C=O) groups excluding carboxylic acids is 2. The first kappa shape index (κ1) is 31.7. The molecule has 0 amide bonds. The summed E-state index contributed by atoms with van der Waals surface area (Å²) in [4.78, 5) is 29.9. The van der Waals surface area contributed by atoms with Gasteiger partial charge in [-0.3, -0.25) is 9.59 Å². The van der Waals surface area contributed by atoms with E-state index in [0.29, 0.717) is 32.1 Å². The van der Waals surface area contributed by atoms with Gasteiger partial charge in [0.05, 0.1) is 29.1 Å². The predicted molar refractivity (Wildman–Crippen MR) is 176 cm³/mol. The van der Waals surface area contributed by atoms with Crippen LogP contribution >= 0.6 is 11.6 Å². The number of para-hydroxylation sites is 1. The second-order valence-electron chi connectivity index (χ2n) is 14.9. The van der Waals surface area contributed by atoms with E-state index in [9.17, 15) is 14.7 Å². The van der Waals surface area contributed by atoms with E-state index < -0.39 is 46.0 Å². The minimum absolute atomic E-state index is 0.0377. The van der Waals surface area contributed by atoms with Gasteiger partial charge in [-0.15, -0.1) is 11.6 Å². The minimum atomic E-state index is -1.86. The van der Waals surface area contributed by atoms with Gasteiger partial charge >= 0.3 is 0 Å². The van der Waals surface area contributed by atoms with Gasteiger partial charge in [0.25, 0.3) is 0 Å². The number of alkyl halides is 2. The van der Waals surface area contributed by atoms with E-state index >= 15 is 4.39 Å². The Kier molecular flexibility index (Phi) is 7.26. The quantitative estimate of drug-likeness (QED) is 0.177. The summed E-state index contributed by atoms with van der Waals surface area (Å²) in [6.07, 6.45) is 2.28. The number of hydrogen-bond acceptors (Lipinski definition) is 7. The molecule has 3 N–H and O–H groups in total. The molecule has 4 aliphatic carbocycles. The number of rotatable bonds is 2. The van der Waals surface area contributed by atoms with Crippen molar-refractivity contribution >= 4 is 50.7 Å². The number of fused-ring (bicyclic) bond motifs is 9. The van der Waals surface area contributed by atoms with E-state index in [-0.39, 0.29) is 29.8 Å². The Morgan fingerprint density at radius 1 is 1.09 bits per heavy atom. The molecule has 1 saturated heterocycles. The summed E-state index contributed by atoms with van der Waals surface area (Å²) in [5.41, 5.74) is 4.65. The van der Waals surface area contributed by atoms with Gasteiger partial charge in [-0.05, 0) is 82.2 Å². The van der Waals surface area contributed by atoms with Crippen LogP contribution in [0.15, 0.2) is 60.2 Å². The van der Waals surface area contributed by atoms with Crippen LogP contribution in [0, 0.1) is 22.7 Å². The molecule has 8 atom stereocenters. The largest absolute Gasteiger partial charge is 0.398 e. The van der Waals surface area contributed by atoms with E-state index in [1.54, 1.807) is 19.9 Å². The molecule has 0 spiro atoms. The number of Topliss-reactive ketones (excluding diaryl/α,β-unsaturated/α-hetero) is 1. The van der Waals surface area contributed by atoms with Crippen LogP contribution in [0.4, 0.5) is 10.1 Å². The lowest BCUT2D eigenvalue weighted by atomic mass is 9.44. The number of ether oxygens (including phenoxy) is 2. The number of aliphatic hydroxyl groups is 1. The van der Waals surface area contributed by atoms with Crippen molar-refractivity contribution in [2.24, 2.45) is 22.7 Å². The number of aliphatic hydroxyl groups excluding tert-OH is 1. The first-order valence-electron chi connectivity index (χ1n) is 16.3. The van der Waals surface area contributed by atoms with E-state index in [1.807, 2.05) is 56.3 Å². The van der Waals surface area contributed by atoms with Gasteiger partial charge < -0.3 is 20.3 Å². The second-order valence-corrected chi connectivity index (χ2v) is 15.1. The van der Waals surface area contributed by atoms with Crippen LogP contribution in [0.25, 0.3) is 21.8 Å². The number of pyridine rings is 1. The third-order valence-corrected chi connectivity index (χ3v) is 12.4. The van der Waals surface area contributed by atoms with Crippen molar-refractivity contribution in [2.45, 2.75) is 95.5 Å². The van der Waals surface area contributed by atoms with Crippen LogP contribution in [0.2, 0.25) is 0 Å². The van der Waals surface area contributed by atoms with Crippen molar-refractivity contribution in [3.63, 3.8) is 0 Å². The van der Waals surface area contributed by atoms with Gasteiger partial charge in [-0.25, -0.2) is 9.37 Å². The number of aromatic nitrogens is 1. The summed E-state index contributed by atoms with van der Waals surface area (Å²) in [5.74, 6) is -2.02. The first-order valence-corrected chi connectivity index (χ1v) is 16.9. The number of benzene rings is 2. The molecule has 5 aliphatic rings. The van der Waals surface area contributed by atoms with Gasteiger partial charge in [0.1, 0.15) is 5.67 Å². The van der Waals surface area contributed by atoms with Crippen LogP contribution in [0.3, 0.4) is 0 Å². The topological polar surface area (TPSA) is 112 Å². The van der Waals surface area contributed by atoms with Crippen LogP contribution in [0.5, 0.6) is 0 Å². The molecule has 0 unspecified atom stereocenters. The van der Waals surface area contributed by atoms with E-state index in [2.05, 4.69) is 11.1 Å². The number of nitrogens with zero attached hydrogens (tertiary/aromatic N) is 1. The molecular formula is C37H42ClFN2O5. The molecule has 1 aliphatic heterocycles. The number of allylic oxidation sites excluding steroid dienone is 1. The number of halogens is 2. The molecule has 0 radical (unpaired) electrons. The SMILES string of the molecule is CC1(C)O[C@@H]2C[C@H]3[C@@H]4CCC5=CC(=O)CC[C@]5(C)[C@@]4(F)[C@@H](O)C[C@]3(C)[C@]2(C(=O)CCl)O1.Nc1cccc2nc3ccccc3cc12. The molecule has 0 bridgehead atoms. The maximum atomic E-state index is 17.2. The van der Waals surface area contributed by atoms with Gasteiger partial charge in [0.2, 0.25) is 0 Å². The van der Waals surface area contributed by atoms with Crippen molar-refractivity contribution in [1.29, 1.82) is 0 Å². The van der Waals surface area contributed by atoms with Crippen LogP contribution in [-0.2, 0) is 19.1 Å². The highest BCUT2D eigenvalue weighted by Gasteiger charge is 2.80. The average molecular weight is 649 g/mol. The fraction of sp³-hybridized carbons (Fsp3) is 0.541. The van der Waals surface area contributed by atoms with E-state index in [0.717, 1.165) is 33.1 Å². The highest BCUT2D eigenvalue weighted by Crippen LogP contribution is 2.72. The number of nitrogen functional groups attached to an aromatic ring is 1. The van der Waals surface area contributed by atoms with Crippen molar-refractivity contribution in [3.8, 4) is 0 Å². The summed E-state index contributed by atoms with van der Waals surface area (Å²) in [5, 5.41) is 13.6. The van der Waals surface area contributed by atoms with Crippen LogP contribution in [-0.4, -0.2) is 56.8 Å². The number of hydrogen-bond donors (Lipinski definition) is 2. The van der Waals surface area contributed by atoms with Gasteiger partial charge in [0.15, 0.2) is 23.0 Å². The first-order chi connectivity index (χ1) is 21.7. The van der Waals surface area contributed by atoms with Gasteiger partial charge in [0, 0.05) is 39.6 Å². The fourth-order valence-corrected chi connectivity index (χ4v) is 10.3. The van der Waals surface area contributed by atoms with Gasteiger partial charge in [-0.2, -0.15) is 0 Å². The van der Waals surface area contributed by atoms with E-state index in [1.165, 1.54) is 0 Å². The molecule has 7 nitrogen and oxygen atoms in total. The Morgan fingerprint density at radius 2 is 1.83 bits per heavy atom. The number of carbonyl (C=O) groups is 2. The highest BCUT2D eigenvalue weighted by atomic mass is 35.5. The van der Waals surface area contributed by atoms with Gasteiger partial charge in [-0.1, -0.05) is 43.7 Å². The summed E-state index contributed by atoms with van der Waals surface area (Å²) in [6, 6.07) is 16.0. The zero-order valence-electron chi connectivity index (χ0n) is 26.8.